The molecule has 132 valence electrons. The van der Waals surface area contributed by atoms with Gasteiger partial charge in [-0.2, -0.15) is 5.10 Å². The van der Waals surface area contributed by atoms with Gasteiger partial charge in [0.2, 0.25) is 0 Å². The van der Waals surface area contributed by atoms with Gasteiger partial charge in [0.1, 0.15) is 4.83 Å². The van der Waals surface area contributed by atoms with Crippen molar-refractivity contribution >= 4 is 27.5 Å². The van der Waals surface area contributed by atoms with Crippen molar-refractivity contribution in [3.8, 4) is 0 Å². The topological polar surface area (TPSA) is 73.0 Å². The first-order chi connectivity index (χ1) is 11.8. The number of aryl methyl sites for hydroxylation is 4. The Kier molecular flexibility index (Phi) is 4.47. The third kappa shape index (κ3) is 3.09. The first kappa shape index (κ1) is 17.3. The average Bonchev–Trinajstić information content (AvgIpc) is 3.07. The molecule has 0 radical (unpaired) electrons. The van der Waals surface area contributed by atoms with Crippen LogP contribution in [0.5, 0.6) is 0 Å². The van der Waals surface area contributed by atoms with Gasteiger partial charge in [0.25, 0.3) is 11.5 Å². The molecule has 0 spiro atoms. The molecular formula is C17H21N5O2S. The van der Waals surface area contributed by atoms with E-state index >= 15 is 0 Å². The van der Waals surface area contributed by atoms with Gasteiger partial charge in [0, 0.05) is 26.3 Å². The number of carbonyl (C=O) groups is 1. The second kappa shape index (κ2) is 6.44. The van der Waals surface area contributed by atoms with E-state index < -0.39 is 0 Å². The summed E-state index contributed by atoms with van der Waals surface area (Å²) in [6.45, 7) is 6.93. The Hall–Kier alpha value is -2.48. The maximum atomic E-state index is 12.8. The molecule has 0 N–H and O–H groups in total. The number of hydrogen-bond acceptors (Lipinski definition) is 5. The van der Waals surface area contributed by atoms with Crippen molar-refractivity contribution in [2.75, 3.05) is 13.6 Å². The predicted octanol–water partition coefficient (Wildman–Crippen LogP) is 1.89. The minimum Gasteiger partial charge on any atom is -0.339 e. The number of rotatable bonds is 4. The molecule has 3 aromatic heterocycles. The number of amides is 1. The average molecular weight is 359 g/mol. The van der Waals surface area contributed by atoms with Crippen LogP contribution in [0, 0.1) is 20.8 Å². The van der Waals surface area contributed by atoms with Crippen LogP contribution < -0.4 is 5.56 Å². The van der Waals surface area contributed by atoms with Gasteiger partial charge in [0.05, 0.1) is 28.8 Å². The molecule has 0 bridgehead atoms. The molecule has 8 heteroatoms. The largest absolute Gasteiger partial charge is 0.339 e. The third-order valence-electron chi connectivity index (χ3n) is 4.30. The van der Waals surface area contributed by atoms with E-state index in [2.05, 4.69) is 10.1 Å². The van der Waals surface area contributed by atoms with Crippen LogP contribution in [0.25, 0.3) is 10.2 Å². The van der Waals surface area contributed by atoms with Crippen LogP contribution in [0.2, 0.25) is 0 Å². The van der Waals surface area contributed by atoms with Crippen LogP contribution in [0.3, 0.4) is 0 Å². The van der Waals surface area contributed by atoms with Crippen LogP contribution in [-0.4, -0.2) is 43.7 Å². The highest BCUT2D eigenvalue weighted by Gasteiger charge is 2.21. The zero-order chi connectivity index (χ0) is 18.3. The van der Waals surface area contributed by atoms with Crippen molar-refractivity contribution in [1.29, 1.82) is 0 Å². The Morgan fingerprint density at radius 1 is 1.32 bits per heavy atom. The number of carbonyl (C=O) groups excluding carboxylic acids is 1. The predicted molar refractivity (Wildman–Crippen MR) is 98.3 cm³/mol. The number of nitrogens with zero attached hydrogens (tertiary/aromatic N) is 5. The maximum absolute atomic E-state index is 12.8. The van der Waals surface area contributed by atoms with Crippen LogP contribution in [-0.2, 0) is 13.6 Å². The molecule has 0 saturated carbocycles. The zero-order valence-corrected chi connectivity index (χ0v) is 15.8. The van der Waals surface area contributed by atoms with Crippen molar-refractivity contribution in [3.63, 3.8) is 0 Å². The lowest BCUT2D eigenvalue weighted by Crippen LogP contribution is -2.30. The van der Waals surface area contributed by atoms with Crippen molar-refractivity contribution in [2.45, 2.75) is 27.3 Å². The second-order valence-electron chi connectivity index (χ2n) is 6.27. The molecule has 3 heterocycles. The van der Waals surface area contributed by atoms with Crippen molar-refractivity contribution in [2.24, 2.45) is 7.05 Å². The van der Waals surface area contributed by atoms with Gasteiger partial charge < -0.3 is 9.47 Å². The minimum atomic E-state index is -0.122. The highest BCUT2D eigenvalue weighted by molar-refractivity contribution is 7.20. The monoisotopic (exact) mass is 359 g/mol. The summed E-state index contributed by atoms with van der Waals surface area (Å²) in [6, 6.07) is 2.01. The van der Waals surface area contributed by atoms with Crippen molar-refractivity contribution < 1.29 is 4.79 Å². The van der Waals surface area contributed by atoms with Crippen molar-refractivity contribution in [3.05, 3.63) is 44.6 Å². The van der Waals surface area contributed by atoms with Crippen LogP contribution >= 0.6 is 11.3 Å². The summed E-state index contributed by atoms with van der Waals surface area (Å²) in [5.41, 5.74) is 2.62. The summed E-state index contributed by atoms with van der Waals surface area (Å²) in [5.74, 6) is -0.0934. The van der Waals surface area contributed by atoms with Gasteiger partial charge in [-0.1, -0.05) is 0 Å². The molecule has 7 nitrogen and oxygen atoms in total. The second-order valence-corrected chi connectivity index (χ2v) is 7.27. The van der Waals surface area contributed by atoms with E-state index in [4.69, 9.17) is 0 Å². The van der Waals surface area contributed by atoms with E-state index in [0.29, 0.717) is 33.7 Å². The highest BCUT2D eigenvalue weighted by Crippen LogP contribution is 2.27. The summed E-state index contributed by atoms with van der Waals surface area (Å²) >= 11 is 1.27. The van der Waals surface area contributed by atoms with E-state index in [1.54, 1.807) is 19.0 Å². The molecule has 1 amide bonds. The number of likely N-dealkylation sites (N-methyl/N-ethyl adjacent to an activating group) is 1. The lowest BCUT2D eigenvalue weighted by Gasteiger charge is -2.17. The lowest BCUT2D eigenvalue weighted by molar-refractivity contribution is 0.0793. The van der Waals surface area contributed by atoms with Gasteiger partial charge in [-0.3, -0.25) is 14.3 Å². The zero-order valence-electron chi connectivity index (χ0n) is 15.0. The molecule has 25 heavy (non-hydrogen) atoms. The fraction of sp³-hybridized carbons (Fsp3) is 0.412. The third-order valence-corrected chi connectivity index (χ3v) is 5.49. The number of fused-ring (bicyclic) bond motifs is 1. The van der Waals surface area contributed by atoms with E-state index in [-0.39, 0.29) is 11.5 Å². The van der Waals surface area contributed by atoms with E-state index in [0.717, 1.165) is 11.4 Å². The molecule has 3 aromatic rings. The van der Waals surface area contributed by atoms with Crippen LogP contribution in [0.15, 0.2) is 17.2 Å². The number of aromatic nitrogens is 4. The Morgan fingerprint density at radius 3 is 2.68 bits per heavy atom. The van der Waals surface area contributed by atoms with Crippen molar-refractivity contribution in [1.82, 2.24) is 24.2 Å². The van der Waals surface area contributed by atoms with E-state index in [9.17, 15) is 9.59 Å². The summed E-state index contributed by atoms with van der Waals surface area (Å²) < 4.78 is 3.33. The molecule has 0 unspecified atom stereocenters. The van der Waals surface area contributed by atoms with Crippen LogP contribution in [0.1, 0.15) is 26.6 Å². The normalized spacial score (nSPS) is 11.2. The SMILES string of the molecule is Cc1cc(C)n(CCN(C)C(=O)c2sc3ncn(C)c(=O)c3c2C)n1. The quantitative estimate of drug-likeness (QED) is 0.713. The first-order valence-corrected chi connectivity index (χ1v) is 8.82. The smallest absolute Gasteiger partial charge is 0.264 e. The Labute approximate surface area is 149 Å². The van der Waals surface area contributed by atoms with E-state index in [1.807, 2.05) is 31.5 Å². The number of hydrogen-bond donors (Lipinski definition) is 0. The molecule has 0 fully saturated rings. The Balaban J connectivity index is 1.84. The molecule has 0 aliphatic carbocycles. The molecule has 0 aliphatic rings. The molecule has 0 saturated heterocycles. The van der Waals surface area contributed by atoms with Gasteiger partial charge in [-0.05, 0) is 32.4 Å². The van der Waals surface area contributed by atoms with Gasteiger partial charge in [0.15, 0.2) is 0 Å². The molecule has 0 aliphatic heterocycles. The first-order valence-electron chi connectivity index (χ1n) is 8.01. The maximum Gasteiger partial charge on any atom is 0.264 e. The highest BCUT2D eigenvalue weighted by atomic mass is 32.1. The molecule has 0 aromatic carbocycles. The lowest BCUT2D eigenvalue weighted by atomic mass is 10.2. The van der Waals surface area contributed by atoms with Crippen LogP contribution in [0.4, 0.5) is 0 Å². The van der Waals surface area contributed by atoms with Gasteiger partial charge >= 0.3 is 0 Å². The standard InChI is InChI=1S/C17H21N5O2S/c1-10-8-11(2)22(19-10)7-6-20(4)17(24)14-12(3)13-15(25-14)18-9-21(5)16(13)23/h8-9H,6-7H2,1-5H3. The summed E-state index contributed by atoms with van der Waals surface area (Å²) in [5, 5.41) is 4.95. The summed E-state index contributed by atoms with van der Waals surface area (Å²) in [4.78, 5) is 32.2. The molecule has 0 atom stereocenters. The fourth-order valence-electron chi connectivity index (χ4n) is 2.83. The molecular weight excluding hydrogens is 338 g/mol. The Morgan fingerprint density at radius 2 is 2.04 bits per heavy atom. The van der Waals surface area contributed by atoms with Gasteiger partial charge in [-0.25, -0.2) is 4.98 Å². The van der Waals surface area contributed by atoms with E-state index in [1.165, 1.54) is 22.2 Å². The minimum absolute atomic E-state index is 0.0934. The summed E-state index contributed by atoms with van der Waals surface area (Å²) in [6.07, 6.45) is 1.49. The number of thiophene rings is 1. The fourth-order valence-corrected chi connectivity index (χ4v) is 3.97. The van der Waals surface area contributed by atoms with Gasteiger partial charge in [-0.15, -0.1) is 11.3 Å². The Bertz CT molecular complexity index is 1010. The molecule has 3 rings (SSSR count). The summed E-state index contributed by atoms with van der Waals surface area (Å²) in [7, 11) is 3.43.